The topological polar surface area (TPSA) is 147 Å². The van der Waals surface area contributed by atoms with Crippen molar-refractivity contribution in [1.29, 1.82) is 0 Å². The van der Waals surface area contributed by atoms with E-state index >= 15 is 0 Å². The molecular weight excluding hydrogens is 613 g/mol. The van der Waals surface area contributed by atoms with Crippen molar-refractivity contribution in [3.63, 3.8) is 0 Å². The number of aliphatic hydroxyl groups is 2. The Hall–Kier alpha value is -3.14. The number of benzene rings is 1. The number of hydrogen-bond donors (Lipinski definition) is 3. The highest BCUT2D eigenvalue weighted by Crippen LogP contribution is 2.41. The zero-order valence-corrected chi connectivity index (χ0v) is 28.1. The quantitative estimate of drug-likeness (QED) is 0.211. The van der Waals surface area contributed by atoms with Gasteiger partial charge in [-0.15, -0.1) is 5.10 Å². The Bertz CT molecular complexity index is 1610. The number of rotatable bonds is 11. The van der Waals surface area contributed by atoms with Crippen LogP contribution in [0, 0.1) is 5.82 Å². The van der Waals surface area contributed by atoms with Crippen molar-refractivity contribution >= 4 is 45.3 Å². The second-order valence-corrected chi connectivity index (χ2v) is 11.9. The molecule has 3 heterocycles. The van der Waals surface area contributed by atoms with E-state index in [-0.39, 0.29) is 77.4 Å². The number of carbonyl (C=O) groups excluding carboxylic acids is 1. The summed E-state index contributed by atoms with van der Waals surface area (Å²) in [7, 11) is -1.31. The summed E-state index contributed by atoms with van der Waals surface area (Å²) in [6, 6.07) is 3.42. The van der Waals surface area contributed by atoms with Crippen LogP contribution in [0.3, 0.4) is 0 Å². The van der Waals surface area contributed by atoms with Crippen LogP contribution in [0.2, 0.25) is 0 Å². The molecule has 0 unspecified atom stereocenters. The van der Waals surface area contributed by atoms with Crippen LogP contribution < -0.4 is 14.6 Å². The fourth-order valence-corrected chi connectivity index (χ4v) is 6.34. The summed E-state index contributed by atoms with van der Waals surface area (Å²) in [5.74, 6) is -1.27. The minimum absolute atomic E-state index is 0.00859. The van der Waals surface area contributed by atoms with E-state index in [1.165, 1.54) is 26.3 Å². The summed E-state index contributed by atoms with van der Waals surface area (Å²) < 4.78 is 49.8. The molecule has 246 valence electrons. The number of ether oxygens (including phenoxy) is 1. The molecule has 1 aliphatic rings. The lowest BCUT2D eigenvalue weighted by Gasteiger charge is -2.33. The molecular formula is C29H44FN5O7S2. The van der Waals surface area contributed by atoms with Crippen LogP contribution in [-0.2, 0) is 23.2 Å². The number of aliphatic hydroxyl groups excluding tert-OH is 2. The van der Waals surface area contributed by atoms with Gasteiger partial charge in [0.1, 0.15) is 16.7 Å². The monoisotopic (exact) mass is 657 g/mol. The van der Waals surface area contributed by atoms with E-state index in [0.717, 1.165) is 15.1 Å². The minimum atomic E-state index is -3.96. The number of amides is 1. The first-order valence-corrected chi connectivity index (χ1v) is 16.9. The number of nitrogens with zero attached hydrogens (tertiary/aromatic N) is 5. The Labute approximate surface area is 263 Å². The molecule has 12 nitrogen and oxygen atoms in total. The normalized spacial score (nSPS) is 14.4. The van der Waals surface area contributed by atoms with Gasteiger partial charge in [-0.25, -0.2) is 17.5 Å². The molecule has 1 aliphatic heterocycles. The molecule has 1 amide bonds. The molecule has 15 heteroatoms. The summed E-state index contributed by atoms with van der Waals surface area (Å²) in [4.78, 5) is 29.0. The zero-order valence-electron chi connectivity index (χ0n) is 26.4. The van der Waals surface area contributed by atoms with Crippen LogP contribution in [0.15, 0.2) is 23.0 Å². The molecule has 1 atom stereocenters. The van der Waals surface area contributed by atoms with Gasteiger partial charge in [-0.05, 0) is 56.2 Å². The van der Waals surface area contributed by atoms with Gasteiger partial charge in [0.25, 0.3) is 11.5 Å². The first-order valence-electron chi connectivity index (χ1n) is 14.4. The van der Waals surface area contributed by atoms with E-state index in [0.29, 0.717) is 18.7 Å². The van der Waals surface area contributed by atoms with Gasteiger partial charge in [0, 0.05) is 32.8 Å². The summed E-state index contributed by atoms with van der Waals surface area (Å²) >= 11 is 3.53. The number of carbonyl (C=O) groups is 1. The van der Waals surface area contributed by atoms with E-state index in [9.17, 15) is 27.5 Å². The van der Waals surface area contributed by atoms with Gasteiger partial charge >= 0.3 is 0 Å². The van der Waals surface area contributed by atoms with Crippen molar-refractivity contribution in [3.05, 3.63) is 51.2 Å². The largest absolute Gasteiger partial charge is 0.493 e. The van der Waals surface area contributed by atoms with Crippen molar-refractivity contribution in [2.75, 3.05) is 50.2 Å². The van der Waals surface area contributed by atoms with E-state index in [1.807, 2.05) is 27.7 Å². The average molecular weight is 658 g/mol. The molecule has 4 rings (SSSR count). The molecule has 0 radical (unpaired) electrons. The number of likely N-dealkylation sites (N-methyl/N-ethyl adjacent to an activating group) is 1. The summed E-state index contributed by atoms with van der Waals surface area (Å²) in [6.07, 6.45) is 2.19. The number of thiol groups is 1. The Morgan fingerprint density at radius 3 is 2.39 bits per heavy atom. The number of methoxy groups -OCH3 is 1. The molecule has 0 aliphatic carbocycles. The van der Waals surface area contributed by atoms with Crippen LogP contribution >= 0.6 is 12.6 Å². The fourth-order valence-electron chi connectivity index (χ4n) is 5.11. The molecule has 0 fully saturated rings. The van der Waals surface area contributed by atoms with Gasteiger partial charge in [-0.3, -0.25) is 13.9 Å². The van der Waals surface area contributed by atoms with Crippen LogP contribution in [0.25, 0.3) is 10.9 Å². The van der Waals surface area contributed by atoms with Crippen molar-refractivity contribution in [2.24, 2.45) is 0 Å². The van der Waals surface area contributed by atoms with Crippen LogP contribution in [-0.4, -0.2) is 89.6 Å². The maximum atomic E-state index is 13.9. The average Bonchev–Trinajstić information content (AvgIpc) is 3.39. The molecule has 2 aromatic heterocycles. The highest BCUT2D eigenvalue weighted by Gasteiger charge is 2.38. The van der Waals surface area contributed by atoms with Crippen molar-refractivity contribution < 1.29 is 32.6 Å². The predicted molar refractivity (Wildman–Crippen MR) is 173 cm³/mol. The highest BCUT2D eigenvalue weighted by atomic mass is 32.2. The van der Waals surface area contributed by atoms with Gasteiger partial charge in [0.15, 0.2) is 17.3 Å². The molecule has 2 N–H and O–H groups in total. The van der Waals surface area contributed by atoms with Crippen LogP contribution in [0.4, 0.5) is 10.2 Å². The predicted octanol–water partition coefficient (Wildman–Crippen LogP) is 3.03. The number of anilines is 1. The van der Waals surface area contributed by atoms with E-state index in [4.69, 9.17) is 9.84 Å². The second kappa shape index (κ2) is 16.3. The molecule has 0 bridgehead atoms. The fraction of sp³-hybridized carbons (Fsp3) is 0.552. The Morgan fingerprint density at radius 1 is 1.16 bits per heavy atom. The lowest BCUT2D eigenvalue weighted by atomic mass is 10.1. The van der Waals surface area contributed by atoms with Crippen molar-refractivity contribution in [3.8, 4) is 5.75 Å². The molecule has 0 spiro atoms. The Kier molecular flexibility index (Phi) is 13.7. The summed E-state index contributed by atoms with van der Waals surface area (Å²) in [5.41, 5.74) is 0.284. The second-order valence-electron chi connectivity index (χ2n) is 9.74. The maximum absolute atomic E-state index is 13.9. The molecule has 0 saturated heterocycles. The SMILES string of the molecule is CC.CCN1C[C@H](C)n2c(c(OC)c3c(=O)n(Cc4ccc(F)cc4CO)nc(N(C)S(=O)(=O)CCCCO)c32)C1=O.CS. The highest BCUT2D eigenvalue weighted by molar-refractivity contribution is 7.92. The summed E-state index contributed by atoms with van der Waals surface area (Å²) in [6.45, 7) is 7.60. The first-order chi connectivity index (χ1) is 21.0. The van der Waals surface area contributed by atoms with Crippen molar-refractivity contribution in [1.82, 2.24) is 19.2 Å². The number of aromatic nitrogens is 3. The molecule has 0 saturated carbocycles. The standard InChI is InChI=1S/C26H34FN5O7S.C2H6.CH4S/c1-5-30-13-16(2)32-21-20(23(39-4)22(32)26(30)36)25(35)31(14-17-8-9-19(27)12-18(17)15-34)28-24(21)29(3)40(37,38)11-7-6-10-33;2*1-2/h8-9,12,16,33-34H,5-7,10-11,13-15H2,1-4H3;1-2H3;2H,1H3/t16-;;/m0../s1. The number of fused-ring (bicyclic) bond motifs is 3. The van der Waals surface area contributed by atoms with Gasteiger partial charge in [-0.1, -0.05) is 19.9 Å². The first kappa shape index (κ1) is 37.0. The zero-order chi connectivity index (χ0) is 33.4. The third-order valence-corrected chi connectivity index (χ3v) is 9.03. The number of sulfonamides is 1. The van der Waals surface area contributed by atoms with Gasteiger partial charge in [0.2, 0.25) is 10.0 Å². The summed E-state index contributed by atoms with van der Waals surface area (Å²) in [5, 5.41) is 23.4. The van der Waals surface area contributed by atoms with Gasteiger partial charge in [-0.2, -0.15) is 12.6 Å². The third-order valence-electron chi connectivity index (χ3n) is 7.22. The van der Waals surface area contributed by atoms with Crippen molar-refractivity contribution in [2.45, 2.75) is 59.7 Å². The van der Waals surface area contributed by atoms with Gasteiger partial charge < -0.3 is 24.4 Å². The smallest absolute Gasteiger partial charge is 0.280 e. The number of hydrogen-bond acceptors (Lipinski definition) is 9. The van der Waals surface area contributed by atoms with Crippen LogP contribution in [0.1, 0.15) is 68.2 Å². The van der Waals surface area contributed by atoms with Crippen LogP contribution in [0.5, 0.6) is 5.75 Å². The molecule has 44 heavy (non-hydrogen) atoms. The van der Waals surface area contributed by atoms with E-state index in [2.05, 4.69) is 17.7 Å². The lowest BCUT2D eigenvalue weighted by molar-refractivity contribution is 0.0685. The van der Waals surface area contributed by atoms with E-state index in [1.54, 1.807) is 15.7 Å². The Balaban J connectivity index is 0.00000162. The molecule has 1 aromatic carbocycles. The lowest BCUT2D eigenvalue weighted by Crippen LogP contribution is -2.42. The molecule has 3 aromatic rings. The minimum Gasteiger partial charge on any atom is -0.493 e. The van der Waals surface area contributed by atoms with E-state index < -0.39 is 28.0 Å². The number of unbranched alkanes of at least 4 members (excludes halogenated alkanes) is 1. The third kappa shape index (κ3) is 7.22. The van der Waals surface area contributed by atoms with Gasteiger partial charge in [0.05, 0.1) is 26.0 Å². The maximum Gasteiger partial charge on any atom is 0.280 e. The Morgan fingerprint density at radius 2 is 1.82 bits per heavy atom. The number of halogens is 1.